The number of aromatic hydroxyl groups is 1. The number of ketones is 1. The minimum absolute atomic E-state index is 0.0431. The third-order valence-electron chi connectivity index (χ3n) is 12.5. The Balaban J connectivity index is 1.14. The number of hydrogen-bond donors (Lipinski definition) is 5. The van der Waals surface area contributed by atoms with Crippen molar-refractivity contribution < 1.29 is 39.4 Å². The zero-order valence-corrected chi connectivity index (χ0v) is 36.3. The fourth-order valence-electron chi connectivity index (χ4n) is 9.12. The number of fused-ring (bicyclic) bond motifs is 9. The third-order valence-corrected chi connectivity index (χ3v) is 12.5. The molecule has 0 fully saturated rings. The second-order valence-electron chi connectivity index (χ2n) is 17.2. The minimum atomic E-state index is -0.536. The fourth-order valence-corrected chi connectivity index (χ4v) is 9.12. The number of ether oxygens (including phenoxy) is 3. The molecule has 9 nitrogen and oxygen atoms in total. The summed E-state index contributed by atoms with van der Waals surface area (Å²) in [4.78, 5) is 13.8. The molecule has 8 rings (SSSR count). The highest BCUT2D eigenvalue weighted by molar-refractivity contribution is 6.00. The molecule has 6 bridgehead atoms. The second-order valence-corrected chi connectivity index (χ2v) is 17.2. The van der Waals surface area contributed by atoms with E-state index < -0.39 is 12.2 Å². The van der Waals surface area contributed by atoms with Gasteiger partial charge in [-0.1, -0.05) is 67.8 Å². The lowest BCUT2D eigenvalue weighted by atomic mass is 9.77. The summed E-state index contributed by atoms with van der Waals surface area (Å²) in [5, 5.41) is 47.2. The molecule has 4 aliphatic rings. The number of aliphatic hydroxyl groups is 3. The highest BCUT2D eigenvalue weighted by Gasteiger charge is 2.29. The fraction of sp³-hybridized carbons (Fsp3) is 0.415. The van der Waals surface area contributed by atoms with Crippen molar-refractivity contribution in [1.29, 1.82) is 0 Å². The van der Waals surface area contributed by atoms with Crippen LogP contribution in [0.15, 0.2) is 90.2 Å². The predicted octanol–water partition coefficient (Wildman–Crippen LogP) is 10.0. The molecule has 5 atom stereocenters. The van der Waals surface area contributed by atoms with Crippen molar-refractivity contribution in [1.82, 2.24) is 0 Å². The summed E-state index contributed by atoms with van der Waals surface area (Å²) in [5.41, 5.74) is 7.87. The van der Waals surface area contributed by atoms with Crippen molar-refractivity contribution in [3.63, 3.8) is 0 Å². The van der Waals surface area contributed by atoms with Gasteiger partial charge in [0, 0.05) is 49.6 Å². The number of carbonyl (C=O) groups excluding carboxylic acids is 1. The van der Waals surface area contributed by atoms with E-state index in [2.05, 4.69) is 60.7 Å². The van der Waals surface area contributed by atoms with Crippen LogP contribution in [0.4, 0.5) is 5.69 Å². The van der Waals surface area contributed by atoms with E-state index in [-0.39, 0.29) is 54.5 Å². The summed E-state index contributed by atoms with van der Waals surface area (Å²) in [6.45, 7) is 4.74. The predicted molar refractivity (Wildman–Crippen MR) is 246 cm³/mol. The number of rotatable bonds is 14. The summed E-state index contributed by atoms with van der Waals surface area (Å²) in [6.07, 6.45) is 16.9. The number of methoxy groups -OCH3 is 1. The van der Waals surface area contributed by atoms with Crippen LogP contribution in [0.5, 0.6) is 17.2 Å². The number of phenols is 1. The Labute approximate surface area is 366 Å². The SMILES string of the molecule is COc1ccc2cc1OCc1ccc3c(c(O)cc4c3c1C=C[C@H]4C)CC#CO[C@@H](C[C@H]1C=C(O)C(CCCO)=C[C@@H]1CCCCc1cccc(NC[C@H](C)O)c1)CC(=O)CC2. The van der Waals surface area contributed by atoms with Crippen molar-refractivity contribution in [3.05, 3.63) is 124 Å². The number of phenolic OH excluding ortho intramolecular Hbond substituents is 1. The molecule has 5 N–H and O–H groups in total. The lowest BCUT2D eigenvalue weighted by molar-refractivity contribution is -0.121. The molecular weight excluding hydrogens is 779 g/mol. The first-order valence-corrected chi connectivity index (χ1v) is 22.3. The van der Waals surface area contributed by atoms with Crippen LogP contribution in [0.3, 0.4) is 0 Å². The Hall–Kier alpha value is -5.69. The zero-order valence-electron chi connectivity index (χ0n) is 36.3. The van der Waals surface area contributed by atoms with Gasteiger partial charge in [-0.3, -0.25) is 4.79 Å². The molecule has 62 heavy (non-hydrogen) atoms. The van der Waals surface area contributed by atoms with E-state index in [0.29, 0.717) is 56.8 Å². The molecule has 9 heteroatoms. The average molecular weight is 840 g/mol. The Morgan fingerprint density at radius 3 is 2.68 bits per heavy atom. The molecule has 0 saturated heterocycles. The number of aliphatic hydroxyl groups excluding tert-OH is 3. The zero-order chi connectivity index (χ0) is 43.6. The Morgan fingerprint density at radius 2 is 1.85 bits per heavy atom. The summed E-state index contributed by atoms with van der Waals surface area (Å²) < 4.78 is 18.4. The van der Waals surface area contributed by atoms with Crippen LogP contribution in [0.1, 0.15) is 105 Å². The number of hydrogen-bond acceptors (Lipinski definition) is 9. The monoisotopic (exact) mass is 839 g/mol. The quantitative estimate of drug-likeness (QED) is 0.0621. The van der Waals surface area contributed by atoms with E-state index in [0.717, 1.165) is 75.5 Å². The van der Waals surface area contributed by atoms with Crippen LogP contribution >= 0.6 is 0 Å². The van der Waals surface area contributed by atoms with Crippen LogP contribution in [0.25, 0.3) is 16.8 Å². The molecule has 2 aliphatic carbocycles. The van der Waals surface area contributed by atoms with Crippen molar-refractivity contribution in [3.8, 4) is 29.3 Å². The second kappa shape index (κ2) is 20.9. The van der Waals surface area contributed by atoms with E-state index in [4.69, 9.17) is 14.2 Å². The molecule has 0 aromatic heterocycles. The third kappa shape index (κ3) is 11.0. The van der Waals surface area contributed by atoms with Gasteiger partial charge in [0.25, 0.3) is 0 Å². The van der Waals surface area contributed by atoms with Crippen LogP contribution in [0.2, 0.25) is 0 Å². The molecule has 2 aliphatic heterocycles. The molecule has 4 aromatic carbocycles. The minimum Gasteiger partial charge on any atom is -0.508 e. The first-order chi connectivity index (χ1) is 30.1. The highest BCUT2D eigenvalue weighted by atomic mass is 16.5. The van der Waals surface area contributed by atoms with Gasteiger partial charge in [0.15, 0.2) is 11.5 Å². The number of anilines is 1. The Bertz CT molecular complexity index is 2380. The summed E-state index contributed by atoms with van der Waals surface area (Å²) in [5.74, 6) is 4.97. The number of aryl methyl sites for hydroxylation is 2. The lowest BCUT2D eigenvalue weighted by Crippen LogP contribution is -2.25. The molecule has 2 heterocycles. The van der Waals surface area contributed by atoms with Gasteiger partial charge in [-0.15, -0.1) is 0 Å². The maximum absolute atomic E-state index is 13.8. The lowest BCUT2D eigenvalue weighted by Gasteiger charge is -2.30. The maximum Gasteiger partial charge on any atom is 0.161 e. The van der Waals surface area contributed by atoms with E-state index in [9.17, 15) is 25.2 Å². The first-order valence-electron chi connectivity index (χ1n) is 22.3. The van der Waals surface area contributed by atoms with Gasteiger partial charge in [0.1, 0.15) is 36.1 Å². The van der Waals surface area contributed by atoms with Crippen LogP contribution < -0.4 is 14.8 Å². The number of carbonyl (C=O) groups is 1. The molecule has 0 amide bonds. The highest BCUT2D eigenvalue weighted by Crippen LogP contribution is 2.42. The van der Waals surface area contributed by atoms with Gasteiger partial charge in [0.05, 0.1) is 13.2 Å². The molecule has 0 unspecified atom stereocenters. The normalized spacial score (nSPS) is 20.4. The summed E-state index contributed by atoms with van der Waals surface area (Å²) >= 11 is 0. The van der Waals surface area contributed by atoms with Gasteiger partial charge in [-0.05, 0) is 144 Å². The molecular formula is C53H61NO8. The van der Waals surface area contributed by atoms with E-state index in [1.54, 1.807) is 14.0 Å². The van der Waals surface area contributed by atoms with Crippen molar-refractivity contribution in [2.75, 3.05) is 25.6 Å². The van der Waals surface area contributed by atoms with E-state index in [1.807, 2.05) is 48.5 Å². The van der Waals surface area contributed by atoms with Gasteiger partial charge in [-0.2, -0.15) is 0 Å². The van der Waals surface area contributed by atoms with E-state index in [1.165, 1.54) is 5.56 Å². The molecule has 0 radical (unpaired) electrons. The summed E-state index contributed by atoms with van der Waals surface area (Å²) in [6, 6.07) is 20.1. The molecule has 4 aromatic rings. The maximum atomic E-state index is 13.8. The van der Waals surface area contributed by atoms with Gasteiger partial charge < -0.3 is 40.0 Å². The number of benzene rings is 4. The number of Topliss-reactive ketones (excluding diaryl/α,β-unsaturated/α-hetero) is 1. The van der Waals surface area contributed by atoms with Crippen molar-refractivity contribution in [2.24, 2.45) is 11.8 Å². The van der Waals surface area contributed by atoms with Crippen LogP contribution in [0, 0.1) is 23.9 Å². The van der Waals surface area contributed by atoms with Crippen molar-refractivity contribution in [2.45, 2.75) is 109 Å². The molecule has 0 saturated carbocycles. The smallest absolute Gasteiger partial charge is 0.161 e. The Morgan fingerprint density at radius 1 is 0.984 bits per heavy atom. The first kappa shape index (κ1) is 44.4. The largest absolute Gasteiger partial charge is 0.508 e. The Kier molecular flexibility index (Phi) is 15.0. The van der Waals surface area contributed by atoms with Gasteiger partial charge in [-0.25, -0.2) is 0 Å². The van der Waals surface area contributed by atoms with Crippen LogP contribution in [-0.4, -0.2) is 58.7 Å². The topological polar surface area (TPSA) is 138 Å². The number of nitrogens with one attached hydrogen (secondary N) is 1. The molecule has 0 spiro atoms. The van der Waals surface area contributed by atoms with Crippen LogP contribution in [-0.2, 0) is 35.4 Å². The van der Waals surface area contributed by atoms with E-state index >= 15 is 0 Å². The molecule has 326 valence electrons. The summed E-state index contributed by atoms with van der Waals surface area (Å²) in [7, 11) is 1.62. The number of allylic oxidation sites excluding steroid dienone is 4. The standard InChI is InChI=1S/C53H61NO8/c1-34-15-20-45-40-18-21-47-46(50(59)31-48(34)53(45)47)14-8-24-61-44(30-43(57)19-16-37-17-22-51(60-3)52(26-37)62-33-40)28-41-29-49(58)39(12-7-23-55)27-38(41)11-5-4-9-36-10-6-13-42(25-36)54-32-35(2)56/h6,10,13,15,17-18,20-22,25-27,29,31,34-35,38,41,44,54-56,58-59H,4-5,7,9,11-12,14,16,19,23,28,30,32-33H2,1-3H3/t34-,35+,38+,41+,44+/m1/s1. The van der Waals surface area contributed by atoms with Crippen molar-refractivity contribution >= 4 is 28.3 Å². The van der Waals surface area contributed by atoms with Gasteiger partial charge >= 0.3 is 0 Å². The van der Waals surface area contributed by atoms with Gasteiger partial charge in [0.2, 0.25) is 0 Å². The average Bonchev–Trinajstić information content (AvgIpc) is 3.26. The number of unbranched alkanes of at least 4 members (excludes halogenated alkanes) is 1.